The predicted molar refractivity (Wildman–Crippen MR) is 208 cm³/mol. The van der Waals surface area contributed by atoms with E-state index in [4.69, 9.17) is 0 Å². The van der Waals surface area contributed by atoms with Gasteiger partial charge in [0.1, 0.15) is 0 Å². The summed E-state index contributed by atoms with van der Waals surface area (Å²) in [4.78, 5) is 0. The molecule has 0 aromatic heterocycles. The Hall–Kier alpha value is -0.700. The van der Waals surface area contributed by atoms with Crippen molar-refractivity contribution in [3.05, 3.63) is 11.6 Å². The summed E-state index contributed by atoms with van der Waals surface area (Å²) in [6, 6.07) is 0. The van der Waals surface area contributed by atoms with Gasteiger partial charge in [-0.1, -0.05) is 154 Å². The lowest BCUT2D eigenvalue weighted by molar-refractivity contribution is -0.0754. The fourth-order valence-corrected chi connectivity index (χ4v) is 10.5. The van der Waals surface area contributed by atoms with E-state index in [-0.39, 0.29) is 0 Å². The number of allylic oxidation sites excluding steroid dienone is 2. The number of rotatable bonds is 5. The summed E-state index contributed by atoms with van der Waals surface area (Å²) >= 11 is 0. The second kappa shape index (κ2) is 22.0. The van der Waals surface area contributed by atoms with Crippen LogP contribution in [0.1, 0.15) is 206 Å². The molecule has 0 spiro atoms. The lowest BCUT2D eigenvalue weighted by Gasteiger charge is -2.60. The van der Waals surface area contributed by atoms with Crippen LogP contribution in [-0.2, 0) is 0 Å². The monoisotopic (exact) mass is 627 g/mol. The lowest BCUT2D eigenvalue weighted by atomic mass is 9.45. The van der Waals surface area contributed by atoms with Crippen LogP contribution >= 0.6 is 0 Å². The van der Waals surface area contributed by atoms with Gasteiger partial charge in [-0.25, -0.2) is 0 Å². The van der Waals surface area contributed by atoms with Crippen molar-refractivity contribution in [2.24, 2.45) is 57.7 Å². The Labute approximate surface area is 287 Å². The summed E-state index contributed by atoms with van der Waals surface area (Å²) < 4.78 is 0. The Balaban J connectivity index is 0.000000953. The summed E-state index contributed by atoms with van der Waals surface area (Å²) in [5.74, 6) is 6.86. The van der Waals surface area contributed by atoms with Crippen LogP contribution in [0.5, 0.6) is 0 Å². The van der Waals surface area contributed by atoms with Crippen LogP contribution in [-0.4, -0.2) is 0 Å². The first-order valence-electron chi connectivity index (χ1n) is 20.5. The Morgan fingerprint density at radius 3 is 1.91 bits per heavy atom. The Morgan fingerprint density at radius 1 is 0.756 bits per heavy atom. The van der Waals surface area contributed by atoms with Gasteiger partial charge < -0.3 is 0 Å². The second-order valence-electron chi connectivity index (χ2n) is 16.7. The molecular weight excluding hydrogens is 540 g/mol. The molecule has 9 unspecified atom stereocenters. The first-order valence-corrected chi connectivity index (χ1v) is 20.5. The van der Waals surface area contributed by atoms with Crippen LogP contribution in [0.4, 0.5) is 0 Å². The van der Waals surface area contributed by atoms with Crippen molar-refractivity contribution in [3.63, 3.8) is 0 Å². The van der Waals surface area contributed by atoms with Gasteiger partial charge in [0, 0.05) is 0 Å². The topological polar surface area (TPSA) is 0 Å². The van der Waals surface area contributed by atoms with Gasteiger partial charge in [-0.3, -0.25) is 0 Å². The van der Waals surface area contributed by atoms with Gasteiger partial charge in [-0.05, 0) is 122 Å². The van der Waals surface area contributed by atoms with Crippen LogP contribution in [0.25, 0.3) is 0 Å². The quantitative estimate of drug-likeness (QED) is 0.162. The molecule has 0 aromatic carbocycles. The summed E-state index contributed by atoms with van der Waals surface area (Å²) in [7, 11) is 0. The standard InChI is InChI=1S/C28H48.C9H18.3C2H6.C2H2/c1-20-10-9-12-23-22(20)14-16-25-24-15-13-21(11-7-8-17-26(2,3)4)27(24,5)18-19-28(23,25)6;1-3-9-6-4-5-8(2)7-9;4*1-2/h14,20-21,23-25H,7-13,15-19H2,1-6H3;8-9H,3-7H2,1-2H3;3*1-2H3;1-2H. The van der Waals surface area contributed by atoms with E-state index in [1.807, 2.05) is 47.1 Å². The molecular formula is C45H86. The van der Waals surface area contributed by atoms with Crippen molar-refractivity contribution < 1.29 is 0 Å². The van der Waals surface area contributed by atoms with E-state index in [9.17, 15) is 0 Å². The first kappa shape index (κ1) is 44.3. The highest BCUT2D eigenvalue weighted by molar-refractivity contribution is 5.24. The van der Waals surface area contributed by atoms with Crippen LogP contribution in [0, 0.1) is 70.5 Å². The maximum absolute atomic E-state index is 4.00. The van der Waals surface area contributed by atoms with Gasteiger partial charge in [-0.2, -0.15) is 0 Å². The molecule has 0 nitrogen and oxygen atoms in total. The smallest absolute Gasteiger partial charge is 0.0144 e. The van der Waals surface area contributed by atoms with Gasteiger partial charge in [-0.15, -0.1) is 12.8 Å². The molecule has 0 aliphatic heterocycles. The molecule has 5 rings (SSSR count). The zero-order valence-corrected chi connectivity index (χ0v) is 33.8. The normalized spacial score (nSPS) is 36.3. The number of unbranched alkanes of at least 4 members (excludes halogenated alkanes) is 1. The molecule has 0 amide bonds. The molecule has 0 heterocycles. The summed E-state index contributed by atoms with van der Waals surface area (Å²) in [6.07, 6.45) is 35.8. The average molecular weight is 627 g/mol. The van der Waals surface area contributed by atoms with Crippen molar-refractivity contribution in [2.75, 3.05) is 0 Å². The van der Waals surface area contributed by atoms with Crippen molar-refractivity contribution in [1.82, 2.24) is 0 Å². The highest BCUT2D eigenvalue weighted by Gasteiger charge is 2.59. The molecule has 0 bridgehead atoms. The van der Waals surface area contributed by atoms with Crippen molar-refractivity contribution >= 4 is 0 Å². The predicted octanol–water partition coefficient (Wildman–Crippen LogP) is 15.4. The summed E-state index contributed by atoms with van der Waals surface area (Å²) in [5.41, 5.74) is 3.66. The van der Waals surface area contributed by atoms with Gasteiger partial charge in [0.25, 0.3) is 0 Å². The van der Waals surface area contributed by atoms with Crippen LogP contribution in [0.3, 0.4) is 0 Å². The molecule has 0 radical (unpaired) electrons. The molecule has 5 aliphatic carbocycles. The van der Waals surface area contributed by atoms with Crippen molar-refractivity contribution in [1.29, 1.82) is 0 Å². The highest BCUT2D eigenvalue weighted by atomic mass is 14.6. The van der Waals surface area contributed by atoms with Crippen molar-refractivity contribution in [3.8, 4) is 12.8 Å². The summed E-state index contributed by atoms with van der Waals surface area (Å²) in [5, 5.41) is 0. The summed E-state index contributed by atoms with van der Waals surface area (Å²) in [6.45, 7) is 31.9. The zero-order chi connectivity index (χ0) is 34.8. The third-order valence-corrected chi connectivity index (χ3v) is 13.0. The molecule has 5 aliphatic rings. The fourth-order valence-electron chi connectivity index (χ4n) is 10.5. The molecule has 0 heteroatoms. The Morgan fingerprint density at radius 2 is 1.36 bits per heavy atom. The second-order valence-corrected chi connectivity index (χ2v) is 16.7. The largest absolute Gasteiger partial charge is 0.124 e. The van der Waals surface area contributed by atoms with Crippen LogP contribution in [0.2, 0.25) is 0 Å². The van der Waals surface area contributed by atoms with Gasteiger partial charge in [0.2, 0.25) is 0 Å². The molecule has 0 saturated heterocycles. The molecule has 0 aromatic rings. The first-order chi connectivity index (χ1) is 21.5. The minimum Gasteiger partial charge on any atom is -0.124 e. The Kier molecular flexibility index (Phi) is 21.7. The van der Waals surface area contributed by atoms with E-state index in [0.717, 1.165) is 41.4 Å². The number of hydrogen-bond acceptors (Lipinski definition) is 0. The fraction of sp³-hybridized carbons (Fsp3) is 0.911. The minimum atomic E-state index is 0.512. The molecule has 9 atom stereocenters. The van der Waals surface area contributed by atoms with E-state index in [1.54, 1.807) is 0 Å². The lowest BCUT2D eigenvalue weighted by Crippen LogP contribution is -2.52. The third-order valence-electron chi connectivity index (χ3n) is 13.0. The van der Waals surface area contributed by atoms with Gasteiger partial charge >= 0.3 is 0 Å². The maximum atomic E-state index is 4.00. The number of fused-ring (bicyclic) bond motifs is 5. The molecule has 0 N–H and O–H groups in total. The molecule has 4 saturated carbocycles. The maximum Gasteiger partial charge on any atom is -0.0144 e. The number of hydrogen-bond donors (Lipinski definition) is 0. The Bertz CT molecular complexity index is 793. The number of terminal acetylenes is 1. The van der Waals surface area contributed by atoms with E-state index < -0.39 is 0 Å². The minimum absolute atomic E-state index is 0.512. The van der Waals surface area contributed by atoms with E-state index in [1.165, 1.54) is 109 Å². The van der Waals surface area contributed by atoms with E-state index >= 15 is 0 Å². The molecule has 266 valence electrons. The highest BCUT2D eigenvalue weighted by Crippen LogP contribution is 2.68. The van der Waals surface area contributed by atoms with Gasteiger partial charge in [0.05, 0.1) is 0 Å². The van der Waals surface area contributed by atoms with E-state index in [0.29, 0.717) is 16.2 Å². The SMILES string of the molecule is C#C.CC.CC.CC.CC1CCCC2C1=CCC1C3CCC(CCCCC(C)(C)C)C3(C)CCC21C.CCC1CCCC(C)C1. The molecule has 4 fully saturated rings. The molecule has 45 heavy (non-hydrogen) atoms. The van der Waals surface area contributed by atoms with Crippen molar-refractivity contribution in [2.45, 2.75) is 206 Å². The van der Waals surface area contributed by atoms with Gasteiger partial charge in [0.15, 0.2) is 0 Å². The van der Waals surface area contributed by atoms with Crippen LogP contribution in [0.15, 0.2) is 11.6 Å². The van der Waals surface area contributed by atoms with Crippen LogP contribution < -0.4 is 0 Å². The average Bonchev–Trinajstić information content (AvgIpc) is 3.39. The van der Waals surface area contributed by atoms with E-state index in [2.05, 4.69) is 74.3 Å². The zero-order valence-electron chi connectivity index (χ0n) is 33.8. The third kappa shape index (κ3) is 12.0.